The Morgan fingerprint density at radius 1 is 1.43 bits per heavy atom. The van der Waals surface area contributed by atoms with Gasteiger partial charge in [0.05, 0.1) is 0 Å². The highest BCUT2D eigenvalue weighted by Gasteiger charge is 2.13. The molecular formula is C15H19BN2O3. The smallest absolute Gasteiger partial charge is 0.226 e. The van der Waals surface area contributed by atoms with Gasteiger partial charge in [0.25, 0.3) is 0 Å². The maximum Gasteiger partial charge on any atom is 0.226 e. The highest BCUT2D eigenvalue weighted by atomic mass is 16.2. The van der Waals surface area contributed by atoms with Crippen molar-refractivity contribution < 1.29 is 14.4 Å². The first-order valence-electron chi connectivity index (χ1n) is 6.74. The summed E-state index contributed by atoms with van der Waals surface area (Å²) in [7, 11) is 7.66. The third kappa shape index (κ3) is 5.51. The van der Waals surface area contributed by atoms with E-state index in [4.69, 9.17) is 7.85 Å². The highest BCUT2D eigenvalue weighted by molar-refractivity contribution is 6.32. The van der Waals surface area contributed by atoms with Crippen molar-refractivity contribution in [3.63, 3.8) is 0 Å². The second-order valence-corrected chi connectivity index (χ2v) is 5.06. The van der Waals surface area contributed by atoms with Gasteiger partial charge in [-0.1, -0.05) is 23.7 Å². The third-order valence-corrected chi connectivity index (χ3v) is 3.48. The molecule has 0 aliphatic heterocycles. The molecule has 0 fully saturated rings. The number of benzene rings is 1. The van der Waals surface area contributed by atoms with Crippen LogP contribution in [0.25, 0.3) is 0 Å². The zero-order valence-electron chi connectivity index (χ0n) is 12.3. The summed E-state index contributed by atoms with van der Waals surface area (Å²) >= 11 is 0. The molecule has 6 heteroatoms. The summed E-state index contributed by atoms with van der Waals surface area (Å²) in [5, 5.41) is 2.11. The van der Waals surface area contributed by atoms with Gasteiger partial charge in [-0.2, -0.15) is 0 Å². The Balaban J connectivity index is 2.61. The van der Waals surface area contributed by atoms with Crippen molar-refractivity contribution >= 4 is 31.9 Å². The van der Waals surface area contributed by atoms with Gasteiger partial charge >= 0.3 is 0 Å². The Hall–Kier alpha value is -1.95. The van der Waals surface area contributed by atoms with Crippen LogP contribution in [0.15, 0.2) is 18.2 Å². The lowest BCUT2D eigenvalue weighted by molar-refractivity contribution is -0.125. The normalized spacial score (nSPS) is 12.0. The van der Waals surface area contributed by atoms with E-state index in [0.717, 1.165) is 11.8 Å². The molecule has 1 aromatic rings. The predicted molar refractivity (Wildman–Crippen MR) is 81.6 cm³/mol. The van der Waals surface area contributed by atoms with Crippen LogP contribution in [0.4, 0.5) is 0 Å². The zero-order valence-corrected chi connectivity index (χ0v) is 12.3. The van der Waals surface area contributed by atoms with Gasteiger partial charge in [0.1, 0.15) is 14.1 Å². The Labute approximate surface area is 126 Å². The summed E-state index contributed by atoms with van der Waals surface area (Å²) in [6, 6.07) is 5.31. The van der Waals surface area contributed by atoms with E-state index < -0.39 is 0 Å². The number of hydrogen-bond donors (Lipinski definition) is 1. The number of nitrogens with zero attached hydrogens (tertiary/aromatic N) is 1. The van der Waals surface area contributed by atoms with Gasteiger partial charge in [-0.05, 0) is 26.0 Å². The lowest BCUT2D eigenvalue weighted by Gasteiger charge is -2.25. The summed E-state index contributed by atoms with van der Waals surface area (Å²) in [6.07, 6.45) is 2.10. The Bertz CT molecular complexity index is 520. The van der Waals surface area contributed by atoms with Crippen molar-refractivity contribution in [2.24, 2.45) is 0 Å². The molecule has 0 aliphatic carbocycles. The summed E-state index contributed by atoms with van der Waals surface area (Å²) in [5.74, 6) is -0.289. The van der Waals surface area contributed by atoms with E-state index >= 15 is 0 Å². The molecule has 0 bridgehead atoms. The molecule has 1 atom stereocenters. The van der Waals surface area contributed by atoms with Gasteiger partial charge < -0.3 is 0 Å². The van der Waals surface area contributed by atoms with Crippen LogP contribution in [0.5, 0.6) is 0 Å². The molecule has 110 valence electrons. The SMILES string of the molecule is [B]c1ccc(C=O)c(CN(C)C(C)CCC(=O)NC=O)c1. The molecule has 0 aromatic heterocycles. The monoisotopic (exact) mass is 286 g/mol. The first-order chi connectivity index (χ1) is 9.97. The number of hydrogen-bond acceptors (Lipinski definition) is 4. The van der Waals surface area contributed by atoms with E-state index in [1.165, 1.54) is 0 Å². The summed E-state index contributed by atoms with van der Waals surface area (Å²) in [5.41, 5.74) is 2.08. The van der Waals surface area contributed by atoms with Crippen molar-refractivity contribution in [2.75, 3.05) is 7.05 Å². The molecule has 1 rings (SSSR count). The predicted octanol–water partition coefficient (Wildman–Crippen LogP) is 0.166. The van der Waals surface area contributed by atoms with Gasteiger partial charge in [0, 0.05) is 24.6 Å². The molecule has 0 heterocycles. The topological polar surface area (TPSA) is 66.5 Å². The van der Waals surface area contributed by atoms with Gasteiger partial charge in [-0.15, -0.1) is 0 Å². The van der Waals surface area contributed by atoms with E-state index in [1.54, 1.807) is 18.2 Å². The Kier molecular flexibility index (Phi) is 6.82. The van der Waals surface area contributed by atoms with Crippen molar-refractivity contribution in [1.29, 1.82) is 0 Å². The quantitative estimate of drug-likeness (QED) is 0.546. The Morgan fingerprint density at radius 3 is 2.76 bits per heavy atom. The van der Waals surface area contributed by atoms with E-state index in [2.05, 4.69) is 5.32 Å². The molecule has 5 nitrogen and oxygen atoms in total. The fraction of sp³-hybridized carbons (Fsp3) is 0.400. The maximum absolute atomic E-state index is 11.2. The minimum Gasteiger partial charge on any atom is -0.299 e. The molecule has 0 saturated carbocycles. The van der Waals surface area contributed by atoms with Crippen LogP contribution in [-0.2, 0) is 16.1 Å². The summed E-state index contributed by atoms with van der Waals surface area (Å²) in [6.45, 7) is 2.55. The average Bonchev–Trinajstić information content (AvgIpc) is 2.45. The number of rotatable bonds is 8. The minimum absolute atomic E-state index is 0.128. The highest BCUT2D eigenvalue weighted by Crippen LogP contribution is 2.12. The van der Waals surface area contributed by atoms with Crippen LogP contribution < -0.4 is 10.8 Å². The molecule has 0 saturated heterocycles. The largest absolute Gasteiger partial charge is 0.299 e. The molecule has 2 amide bonds. The molecule has 0 aliphatic rings. The lowest BCUT2D eigenvalue weighted by Crippen LogP contribution is -2.31. The fourth-order valence-electron chi connectivity index (χ4n) is 2.00. The molecule has 1 aromatic carbocycles. The second-order valence-electron chi connectivity index (χ2n) is 5.06. The number of imide groups is 1. The standard InChI is InChI=1S/C15H19BN2O3/c1-11(3-6-15(21)17-10-20)18(2)8-13-7-14(16)5-4-12(13)9-19/h4-5,7,9-11H,3,6,8H2,1-2H3,(H,17,20,21). The minimum atomic E-state index is -0.289. The number of carbonyl (C=O) groups is 3. The molecular weight excluding hydrogens is 267 g/mol. The lowest BCUT2D eigenvalue weighted by atomic mass is 9.92. The van der Waals surface area contributed by atoms with Gasteiger partial charge in [-0.25, -0.2) is 0 Å². The maximum atomic E-state index is 11.2. The van der Waals surface area contributed by atoms with E-state index in [1.807, 2.05) is 18.9 Å². The van der Waals surface area contributed by atoms with Crippen LogP contribution in [0.1, 0.15) is 35.7 Å². The summed E-state index contributed by atoms with van der Waals surface area (Å²) in [4.78, 5) is 34.5. The number of amides is 2. The zero-order chi connectivity index (χ0) is 15.8. The summed E-state index contributed by atoms with van der Waals surface area (Å²) < 4.78 is 0. The first kappa shape index (κ1) is 17.1. The van der Waals surface area contributed by atoms with Crippen molar-refractivity contribution in [1.82, 2.24) is 10.2 Å². The van der Waals surface area contributed by atoms with Crippen LogP contribution in [-0.4, -0.2) is 44.4 Å². The third-order valence-electron chi connectivity index (χ3n) is 3.48. The van der Waals surface area contributed by atoms with E-state index in [9.17, 15) is 14.4 Å². The van der Waals surface area contributed by atoms with Crippen LogP contribution in [0.3, 0.4) is 0 Å². The van der Waals surface area contributed by atoms with Gasteiger partial charge in [0.15, 0.2) is 0 Å². The number of nitrogens with one attached hydrogen (secondary N) is 1. The van der Waals surface area contributed by atoms with Crippen LogP contribution in [0, 0.1) is 0 Å². The number of aldehydes is 1. The van der Waals surface area contributed by atoms with Crippen molar-refractivity contribution in [3.05, 3.63) is 29.3 Å². The number of carbonyl (C=O) groups excluding carboxylic acids is 3. The van der Waals surface area contributed by atoms with E-state index in [-0.39, 0.29) is 18.4 Å². The Morgan fingerprint density at radius 2 is 2.14 bits per heavy atom. The molecule has 2 radical (unpaired) electrons. The van der Waals surface area contributed by atoms with Crippen LogP contribution in [0.2, 0.25) is 0 Å². The molecule has 0 spiro atoms. The molecule has 1 N–H and O–H groups in total. The van der Waals surface area contributed by atoms with Crippen molar-refractivity contribution in [3.8, 4) is 0 Å². The molecule has 21 heavy (non-hydrogen) atoms. The van der Waals surface area contributed by atoms with E-state index in [0.29, 0.717) is 30.4 Å². The second kappa shape index (κ2) is 8.37. The van der Waals surface area contributed by atoms with Gasteiger partial charge in [-0.3, -0.25) is 24.6 Å². The fourth-order valence-corrected chi connectivity index (χ4v) is 2.00. The van der Waals surface area contributed by atoms with Gasteiger partial charge in [0.2, 0.25) is 12.3 Å². The van der Waals surface area contributed by atoms with Crippen LogP contribution >= 0.6 is 0 Å². The van der Waals surface area contributed by atoms with Crippen molar-refractivity contribution in [2.45, 2.75) is 32.4 Å². The molecule has 1 unspecified atom stereocenters. The average molecular weight is 286 g/mol. The first-order valence-corrected chi connectivity index (χ1v) is 6.74.